The molecule has 1 aromatic carbocycles. The van der Waals surface area contributed by atoms with Crippen molar-refractivity contribution < 1.29 is 9.90 Å². The number of piperazine rings is 1. The highest BCUT2D eigenvalue weighted by molar-refractivity contribution is 9.10. The molecule has 1 heterocycles. The zero-order chi connectivity index (χ0) is 14.5. The van der Waals surface area contributed by atoms with Crippen LogP contribution in [-0.4, -0.2) is 59.6 Å². The van der Waals surface area contributed by atoms with Crippen LogP contribution in [0.4, 0.5) is 0 Å². The van der Waals surface area contributed by atoms with Gasteiger partial charge < -0.3 is 10.0 Å². The smallest absolute Gasteiger partial charge is 0.253 e. The van der Waals surface area contributed by atoms with Gasteiger partial charge in [-0.3, -0.25) is 9.69 Å². The van der Waals surface area contributed by atoms with Crippen molar-refractivity contribution >= 4 is 21.8 Å². The Labute approximate surface area is 128 Å². The summed E-state index contributed by atoms with van der Waals surface area (Å²) in [4.78, 5) is 16.5. The standard InChI is InChI=1S/C15H21BrN2O2/c1-2-14(19)11-17-6-8-18(9-7-17)15(20)12-4-3-5-13(16)10-12/h3-5,10,14,19H,2,6-9,11H2,1H3/t14-/m1/s1. The van der Waals surface area contributed by atoms with Crippen molar-refractivity contribution in [1.29, 1.82) is 0 Å². The van der Waals surface area contributed by atoms with Crippen LogP contribution < -0.4 is 0 Å². The summed E-state index contributed by atoms with van der Waals surface area (Å²) in [7, 11) is 0. The number of amides is 1. The van der Waals surface area contributed by atoms with Crippen molar-refractivity contribution in [2.45, 2.75) is 19.4 Å². The van der Waals surface area contributed by atoms with Crippen molar-refractivity contribution in [2.24, 2.45) is 0 Å². The Hall–Kier alpha value is -0.910. The number of nitrogens with zero attached hydrogens (tertiary/aromatic N) is 2. The van der Waals surface area contributed by atoms with E-state index in [1.165, 1.54) is 0 Å². The highest BCUT2D eigenvalue weighted by atomic mass is 79.9. The minimum absolute atomic E-state index is 0.0852. The molecule has 1 saturated heterocycles. The summed E-state index contributed by atoms with van der Waals surface area (Å²) in [6.45, 7) is 5.80. The van der Waals surface area contributed by atoms with Crippen molar-refractivity contribution in [3.63, 3.8) is 0 Å². The second-order valence-corrected chi connectivity index (χ2v) is 6.08. The Morgan fingerprint density at radius 3 is 2.65 bits per heavy atom. The van der Waals surface area contributed by atoms with Gasteiger partial charge in [0.25, 0.3) is 5.91 Å². The lowest BCUT2D eigenvalue weighted by Gasteiger charge is -2.35. The maximum absolute atomic E-state index is 12.4. The number of hydrogen-bond donors (Lipinski definition) is 1. The quantitative estimate of drug-likeness (QED) is 0.911. The van der Waals surface area contributed by atoms with Gasteiger partial charge in [0.05, 0.1) is 6.10 Å². The van der Waals surface area contributed by atoms with E-state index in [0.29, 0.717) is 6.54 Å². The molecule has 1 aromatic rings. The van der Waals surface area contributed by atoms with E-state index in [4.69, 9.17) is 0 Å². The fourth-order valence-corrected chi connectivity index (χ4v) is 2.76. The van der Waals surface area contributed by atoms with Crippen LogP contribution in [0.15, 0.2) is 28.7 Å². The molecule has 1 aliphatic heterocycles. The second kappa shape index (κ2) is 7.20. The van der Waals surface area contributed by atoms with Crippen LogP contribution in [0.25, 0.3) is 0 Å². The molecule has 20 heavy (non-hydrogen) atoms. The predicted octanol–water partition coefficient (Wildman–Crippen LogP) is 1.98. The van der Waals surface area contributed by atoms with E-state index in [-0.39, 0.29) is 12.0 Å². The van der Waals surface area contributed by atoms with E-state index >= 15 is 0 Å². The first-order valence-electron chi connectivity index (χ1n) is 7.05. The minimum Gasteiger partial charge on any atom is -0.392 e. The number of aliphatic hydroxyl groups is 1. The number of rotatable bonds is 4. The topological polar surface area (TPSA) is 43.8 Å². The number of carbonyl (C=O) groups excluding carboxylic acids is 1. The fourth-order valence-electron chi connectivity index (χ4n) is 2.36. The summed E-state index contributed by atoms with van der Waals surface area (Å²) in [6.07, 6.45) is 0.513. The predicted molar refractivity (Wildman–Crippen MR) is 82.8 cm³/mol. The first kappa shape index (κ1) is 15.5. The number of β-amino-alcohol motifs (C(OH)–C–C–N with tert-alkyl or cyclic N) is 1. The lowest BCUT2D eigenvalue weighted by molar-refractivity contribution is 0.0523. The van der Waals surface area contributed by atoms with E-state index in [1.807, 2.05) is 36.1 Å². The van der Waals surface area contributed by atoms with E-state index in [1.54, 1.807) is 0 Å². The highest BCUT2D eigenvalue weighted by Gasteiger charge is 2.23. The second-order valence-electron chi connectivity index (χ2n) is 5.17. The van der Waals surface area contributed by atoms with Crippen LogP contribution in [0.5, 0.6) is 0 Å². The van der Waals surface area contributed by atoms with Crippen LogP contribution in [-0.2, 0) is 0 Å². The number of carbonyl (C=O) groups is 1. The lowest BCUT2D eigenvalue weighted by atomic mass is 10.1. The summed E-state index contributed by atoms with van der Waals surface area (Å²) in [5.41, 5.74) is 0.724. The first-order valence-corrected chi connectivity index (χ1v) is 7.84. The summed E-state index contributed by atoms with van der Waals surface area (Å²) in [5, 5.41) is 9.67. The maximum Gasteiger partial charge on any atom is 0.253 e. The van der Waals surface area contributed by atoms with Crippen molar-refractivity contribution in [3.05, 3.63) is 34.3 Å². The molecule has 0 unspecified atom stereocenters. The van der Waals surface area contributed by atoms with Gasteiger partial charge in [-0.05, 0) is 24.6 Å². The van der Waals surface area contributed by atoms with Gasteiger partial charge in [0.15, 0.2) is 0 Å². The van der Waals surface area contributed by atoms with Crippen molar-refractivity contribution in [1.82, 2.24) is 9.80 Å². The molecule has 0 radical (unpaired) electrons. The molecule has 0 aromatic heterocycles. The fraction of sp³-hybridized carbons (Fsp3) is 0.533. The Bertz CT molecular complexity index is 459. The third-order valence-electron chi connectivity index (χ3n) is 3.67. The zero-order valence-corrected chi connectivity index (χ0v) is 13.3. The maximum atomic E-state index is 12.4. The average Bonchev–Trinajstić information content (AvgIpc) is 2.47. The molecule has 1 aliphatic rings. The van der Waals surface area contributed by atoms with Gasteiger partial charge in [-0.15, -0.1) is 0 Å². The number of benzene rings is 1. The molecular formula is C15H21BrN2O2. The van der Waals surface area contributed by atoms with E-state index in [9.17, 15) is 9.90 Å². The van der Waals surface area contributed by atoms with Crippen LogP contribution in [0.3, 0.4) is 0 Å². The van der Waals surface area contributed by atoms with Gasteiger partial charge in [0.1, 0.15) is 0 Å². The van der Waals surface area contributed by atoms with Gasteiger partial charge in [-0.2, -0.15) is 0 Å². The Morgan fingerprint density at radius 2 is 2.05 bits per heavy atom. The molecule has 110 valence electrons. The van der Waals surface area contributed by atoms with Crippen molar-refractivity contribution in [2.75, 3.05) is 32.7 Å². The molecule has 0 aliphatic carbocycles. The highest BCUT2D eigenvalue weighted by Crippen LogP contribution is 2.15. The molecule has 1 amide bonds. The molecule has 0 saturated carbocycles. The van der Waals surface area contributed by atoms with E-state index in [2.05, 4.69) is 20.8 Å². The van der Waals surface area contributed by atoms with Gasteiger partial charge >= 0.3 is 0 Å². The largest absolute Gasteiger partial charge is 0.392 e. The van der Waals surface area contributed by atoms with E-state index in [0.717, 1.165) is 42.6 Å². The van der Waals surface area contributed by atoms with Gasteiger partial charge in [0, 0.05) is 42.8 Å². The SMILES string of the molecule is CC[C@@H](O)CN1CCN(C(=O)c2cccc(Br)c2)CC1. The minimum atomic E-state index is -0.262. The van der Waals surface area contributed by atoms with Crippen LogP contribution in [0.1, 0.15) is 23.7 Å². The molecule has 4 nitrogen and oxygen atoms in total. The van der Waals surface area contributed by atoms with Crippen molar-refractivity contribution in [3.8, 4) is 0 Å². The normalized spacial score (nSPS) is 18.1. The average molecular weight is 341 g/mol. The van der Waals surface area contributed by atoms with Gasteiger partial charge in [-0.1, -0.05) is 28.9 Å². The summed E-state index contributed by atoms with van der Waals surface area (Å²) < 4.78 is 0.924. The lowest BCUT2D eigenvalue weighted by Crippen LogP contribution is -2.50. The summed E-state index contributed by atoms with van der Waals surface area (Å²) >= 11 is 3.39. The zero-order valence-electron chi connectivity index (χ0n) is 11.8. The van der Waals surface area contributed by atoms with Crippen LogP contribution in [0, 0.1) is 0 Å². The van der Waals surface area contributed by atoms with Gasteiger partial charge in [0.2, 0.25) is 0 Å². The van der Waals surface area contributed by atoms with E-state index < -0.39 is 0 Å². The third kappa shape index (κ3) is 4.04. The molecule has 1 N–H and O–H groups in total. The monoisotopic (exact) mass is 340 g/mol. The van der Waals surface area contributed by atoms with Crippen LogP contribution >= 0.6 is 15.9 Å². The van der Waals surface area contributed by atoms with Crippen LogP contribution in [0.2, 0.25) is 0 Å². The number of hydrogen-bond acceptors (Lipinski definition) is 3. The molecule has 2 rings (SSSR count). The Morgan fingerprint density at radius 1 is 1.35 bits per heavy atom. The molecule has 1 atom stereocenters. The number of halogens is 1. The summed E-state index contributed by atoms with van der Waals surface area (Å²) in [5.74, 6) is 0.0852. The Kier molecular flexibility index (Phi) is 5.57. The number of aliphatic hydroxyl groups excluding tert-OH is 1. The molecule has 1 fully saturated rings. The molecular weight excluding hydrogens is 320 g/mol. The first-order chi connectivity index (χ1) is 9.60. The molecule has 5 heteroatoms. The Balaban J connectivity index is 1.89. The third-order valence-corrected chi connectivity index (χ3v) is 4.16. The van der Waals surface area contributed by atoms with Gasteiger partial charge in [-0.25, -0.2) is 0 Å². The molecule has 0 spiro atoms. The summed E-state index contributed by atoms with van der Waals surface area (Å²) in [6, 6.07) is 7.50. The molecule has 0 bridgehead atoms.